The van der Waals surface area contributed by atoms with Crippen LogP contribution in [0.2, 0.25) is 0 Å². The number of methoxy groups -OCH3 is 1. The lowest BCUT2D eigenvalue weighted by molar-refractivity contribution is 0.0897. The molecule has 3 atom stereocenters. The molecule has 4 rings (SSSR count). The summed E-state index contributed by atoms with van der Waals surface area (Å²) in [5.41, 5.74) is 0.637. The molecule has 1 aromatic carbocycles. The van der Waals surface area contributed by atoms with E-state index in [0.29, 0.717) is 29.1 Å². The molecule has 0 aliphatic heterocycles. The number of nitrogens with one attached hydrogen (secondary N) is 1. The molecule has 0 spiro atoms. The lowest BCUT2D eigenvalue weighted by Crippen LogP contribution is -2.38. The van der Waals surface area contributed by atoms with Crippen LogP contribution in [0.25, 0.3) is 11.0 Å². The zero-order valence-electron chi connectivity index (χ0n) is 12.1. The van der Waals surface area contributed by atoms with Crippen LogP contribution in [-0.2, 0) is 0 Å². The summed E-state index contributed by atoms with van der Waals surface area (Å²) in [4.78, 5) is 12.4. The molecule has 0 unspecified atom stereocenters. The monoisotopic (exact) mass is 285 g/mol. The Morgan fingerprint density at radius 3 is 2.95 bits per heavy atom. The zero-order chi connectivity index (χ0) is 14.4. The number of carbonyl (C=O) groups is 1. The highest BCUT2D eigenvalue weighted by Crippen LogP contribution is 2.44. The second-order valence-corrected chi connectivity index (χ2v) is 6.24. The van der Waals surface area contributed by atoms with Crippen molar-refractivity contribution in [2.75, 3.05) is 7.11 Å². The summed E-state index contributed by atoms with van der Waals surface area (Å²) < 4.78 is 11.0. The van der Waals surface area contributed by atoms with Crippen molar-refractivity contribution in [2.45, 2.75) is 31.7 Å². The summed E-state index contributed by atoms with van der Waals surface area (Å²) >= 11 is 0. The molecule has 1 heterocycles. The van der Waals surface area contributed by atoms with Gasteiger partial charge in [-0.05, 0) is 43.2 Å². The summed E-state index contributed by atoms with van der Waals surface area (Å²) in [6.45, 7) is 0. The third kappa shape index (κ3) is 2.09. The van der Waals surface area contributed by atoms with Crippen molar-refractivity contribution in [3.63, 3.8) is 0 Å². The molecule has 1 amide bonds. The van der Waals surface area contributed by atoms with Crippen molar-refractivity contribution in [3.05, 3.63) is 30.0 Å². The van der Waals surface area contributed by atoms with E-state index >= 15 is 0 Å². The van der Waals surface area contributed by atoms with Gasteiger partial charge in [0.1, 0.15) is 0 Å². The largest absolute Gasteiger partial charge is 0.493 e. The second-order valence-electron chi connectivity index (χ2n) is 6.24. The van der Waals surface area contributed by atoms with E-state index in [9.17, 15) is 4.79 Å². The van der Waals surface area contributed by atoms with Gasteiger partial charge < -0.3 is 14.5 Å². The normalized spacial score (nSPS) is 27.2. The Morgan fingerprint density at radius 2 is 2.24 bits per heavy atom. The van der Waals surface area contributed by atoms with Gasteiger partial charge in [0.15, 0.2) is 17.1 Å². The van der Waals surface area contributed by atoms with Crippen LogP contribution in [0.5, 0.6) is 5.75 Å². The van der Waals surface area contributed by atoms with Gasteiger partial charge in [-0.25, -0.2) is 0 Å². The SMILES string of the molecule is COc1cccc2cc(C(=O)N[C@H]3C[C@H]4CC[C@@H]3C4)oc12. The van der Waals surface area contributed by atoms with Gasteiger partial charge in [-0.15, -0.1) is 0 Å². The van der Waals surface area contributed by atoms with Crippen LogP contribution in [0.15, 0.2) is 28.7 Å². The van der Waals surface area contributed by atoms with Crippen LogP contribution in [-0.4, -0.2) is 19.1 Å². The van der Waals surface area contributed by atoms with Crippen LogP contribution < -0.4 is 10.1 Å². The first-order valence-electron chi connectivity index (χ1n) is 7.62. The number of furan rings is 1. The quantitative estimate of drug-likeness (QED) is 0.940. The smallest absolute Gasteiger partial charge is 0.287 e. The molecule has 2 bridgehead atoms. The summed E-state index contributed by atoms with van der Waals surface area (Å²) in [7, 11) is 1.60. The molecule has 110 valence electrons. The summed E-state index contributed by atoms with van der Waals surface area (Å²) in [6.07, 6.45) is 4.99. The van der Waals surface area contributed by atoms with Crippen molar-refractivity contribution >= 4 is 16.9 Å². The van der Waals surface area contributed by atoms with Gasteiger partial charge in [0.25, 0.3) is 5.91 Å². The van der Waals surface area contributed by atoms with Gasteiger partial charge in [0, 0.05) is 11.4 Å². The molecule has 2 fully saturated rings. The molecule has 0 radical (unpaired) electrons. The van der Waals surface area contributed by atoms with E-state index in [4.69, 9.17) is 9.15 Å². The van der Waals surface area contributed by atoms with E-state index in [1.165, 1.54) is 19.3 Å². The van der Waals surface area contributed by atoms with Gasteiger partial charge in [-0.3, -0.25) is 4.79 Å². The summed E-state index contributed by atoms with van der Waals surface area (Å²) in [5.74, 6) is 2.41. The molecule has 4 heteroatoms. The van der Waals surface area contributed by atoms with Gasteiger partial charge in [-0.1, -0.05) is 18.6 Å². The van der Waals surface area contributed by atoms with Crippen LogP contribution in [0.3, 0.4) is 0 Å². The highest BCUT2D eigenvalue weighted by molar-refractivity contribution is 5.97. The van der Waals surface area contributed by atoms with E-state index in [1.807, 2.05) is 18.2 Å². The third-order valence-corrected chi connectivity index (χ3v) is 5.01. The van der Waals surface area contributed by atoms with Crippen molar-refractivity contribution in [2.24, 2.45) is 11.8 Å². The van der Waals surface area contributed by atoms with Gasteiger partial charge in [0.2, 0.25) is 0 Å². The lowest BCUT2D eigenvalue weighted by atomic mass is 9.95. The first-order chi connectivity index (χ1) is 10.2. The fourth-order valence-corrected chi connectivity index (χ4v) is 3.97. The Morgan fingerprint density at radius 1 is 1.33 bits per heavy atom. The Labute approximate surface area is 123 Å². The average molecular weight is 285 g/mol. The van der Waals surface area contributed by atoms with E-state index in [2.05, 4.69) is 5.32 Å². The van der Waals surface area contributed by atoms with Crippen LogP contribution >= 0.6 is 0 Å². The van der Waals surface area contributed by atoms with Gasteiger partial charge >= 0.3 is 0 Å². The Bertz CT molecular complexity index is 690. The Hall–Kier alpha value is -1.97. The fraction of sp³-hybridized carbons (Fsp3) is 0.471. The van der Waals surface area contributed by atoms with Gasteiger partial charge in [-0.2, -0.15) is 0 Å². The maximum atomic E-state index is 12.4. The predicted octanol–water partition coefficient (Wildman–Crippen LogP) is 3.36. The number of rotatable bonds is 3. The molecule has 4 nitrogen and oxygen atoms in total. The molecule has 2 aromatic rings. The minimum absolute atomic E-state index is 0.106. The highest BCUT2D eigenvalue weighted by atomic mass is 16.5. The second kappa shape index (κ2) is 4.79. The predicted molar refractivity (Wildman–Crippen MR) is 79.5 cm³/mol. The minimum atomic E-state index is -0.106. The molecule has 2 aliphatic rings. The molecule has 21 heavy (non-hydrogen) atoms. The van der Waals surface area contributed by atoms with E-state index in [0.717, 1.165) is 17.7 Å². The van der Waals surface area contributed by atoms with E-state index < -0.39 is 0 Å². The highest BCUT2D eigenvalue weighted by Gasteiger charge is 2.40. The molecule has 2 aliphatic carbocycles. The van der Waals surface area contributed by atoms with E-state index in [-0.39, 0.29) is 5.91 Å². The summed E-state index contributed by atoms with van der Waals surface area (Å²) in [6, 6.07) is 7.78. The molecular formula is C17H19NO3. The van der Waals surface area contributed by atoms with Crippen LogP contribution in [0, 0.1) is 11.8 Å². The van der Waals surface area contributed by atoms with Gasteiger partial charge in [0.05, 0.1) is 7.11 Å². The van der Waals surface area contributed by atoms with E-state index in [1.54, 1.807) is 13.2 Å². The minimum Gasteiger partial charge on any atom is -0.493 e. The molecule has 1 aromatic heterocycles. The molecule has 0 saturated heterocycles. The zero-order valence-corrected chi connectivity index (χ0v) is 12.1. The van der Waals surface area contributed by atoms with Crippen molar-refractivity contribution in [1.29, 1.82) is 0 Å². The maximum Gasteiger partial charge on any atom is 0.287 e. The van der Waals surface area contributed by atoms with Crippen LogP contribution in [0.1, 0.15) is 36.2 Å². The number of ether oxygens (including phenoxy) is 1. The number of fused-ring (bicyclic) bond motifs is 3. The summed E-state index contributed by atoms with van der Waals surface area (Å²) in [5, 5.41) is 4.05. The number of amides is 1. The van der Waals surface area contributed by atoms with Crippen molar-refractivity contribution in [3.8, 4) is 5.75 Å². The average Bonchev–Trinajstić information content (AvgIpc) is 3.20. The maximum absolute atomic E-state index is 12.4. The van der Waals surface area contributed by atoms with Crippen molar-refractivity contribution < 1.29 is 13.9 Å². The lowest BCUT2D eigenvalue weighted by Gasteiger charge is -2.22. The van der Waals surface area contributed by atoms with Crippen molar-refractivity contribution in [1.82, 2.24) is 5.32 Å². The first-order valence-corrected chi connectivity index (χ1v) is 7.62. The Balaban J connectivity index is 1.57. The standard InChI is InChI=1S/C17H19NO3/c1-20-14-4-2-3-12-9-15(21-16(12)14)17(19)18-13-8-10-5-6-11(13)7-10/h2-4,9-11,13H,5-8H2,1H3,(H,18,19)/t10-,11+,13-/m0/s1. The first kappa shape index (κ1) is 12.7. The Kier molecular flexibility index (Phi) is 2.91. The number of carbonyl (C=O) groups excluding carboxylic acids is 1. The topological polar surface area (TPSA) is 51.5 Å². The molecule has 1 N–H and O–H groups in total. The number of para-hydroxylation sites is 1. The number of hydrogen-bond donors (Lipinski definition) is 1. The molecular weight excluding hydrogens is 266 g/mol. The molecule has 2 saturated carbocycles. The number of benzene rings is 1. The fourth-order valence-electron chi connectivity index (χ4n) is 3.97. The van der Waals surface area contributed by atoms with Crippen LogP contribution in [0.4, 0.5) is 0 Å². The third-order valence-electron chi connectivity index (χ3n) is 5.01. The number of hydrogen-bond acceptors (Lipinski definition) is 3.